The van der Waals surface area contributed by atoms with E-state index in [2.05, 4.69) is 10.6 Å². The van der Waals surface area contributed by atoms with Crippen molar-refractivity contribution in [1.29, 1.82) is 0 Å². The Morgan fingerprint density at radius 3 is 1.86 bits per heavy atom. The van der Waals surface area contributed by atoms with Crippen molar-refractivity contribution >= 4 is 52.6 Å². The Bertz CT molecular complexity index is 2050. The lowest BCUT2D eigenvalue weighted by Gasteiger charge is -2.23. The van der Waals surface area contributed by atoms with Crippen molar-refractivity contribution in [3.8, 4) is 5.75 Å². The van der Waals surface area contributed by atoms with Crippen LogP contribution in [0.4, 0.5) is 17.1 Å². The molecule has 8 heteroatoms. The molecule has 0 unspecified atom stereocenters. The highest BCUT2D eigenvalue weighted by atomic mass is 32.2. The topological polar surface area (TPSA) is 87.7 Å². The quantitative estimate of drug-likeness (QED) is 0.0933. The van der Waals surface area contributed by atoms with Gasteiger partial charge >= 0.3 is 0 Å². The van der Waals surface area contributed by atoms with Crippen LogP contribution >= 0.6 is 11.8 Å². The fourth-order valence-corrected chi connectivity index (χ4v) is 5.98. The molecule has 51 heavy (non-hydrogen) atoms. The Balaban J connectivity index is 1.16. The van der Waals surface area contributed by atoms with Crippen molar-refractivity contribution in [2.75, 3.05) is 16.0 Å². The molecule has 0 fully saturated rings. The molecule has 3 amide bonds. The minimum absolute atomic E-state index is 0.0661. The Kier molecular flexibility index (Phi) is 11.7. The van der Waals surface area contributed by atoms with Crippen LogP contribution in [0.15, 0.2) is 180 Å². The van der Waals surface area contributed by atoms with E-state index in [0.717, 1.165) is 21.8 Å². The number of rotatable bonds is 13. The van der Waals surface area contributed by atoms with Crippen LogP contribution in [-0.2, 0) is 16.2 Å². The summed E-state index contributed by atoms with van der Waals surface area (Å²) in [4.78, 5) is 42.9. The van der Waals surface area contributed by atoms with Gasteiger partial charge < -0.3 is 15.4 Å². The molecule has 0 saturated heterocycles. The van der Waals surface area contributed by atoms with E-state index in [0.29, 0.717) is 29.2 Å². The highest BCUT2D eigenvalue weighted by Gasteiger charge is 2.19. The van der Waals surface area contributed by atoms with Gasteiger partial charge in [0.2, 0.25) is 5.91 Å². The summed E-state index contributed by atoms with van der Waals surface area (Å²) in [6, 6.07) is 52.2. The SMILES string of the molecule is O=C(Nc1cccc(SCC(=O)N(c2ccccc2)c2ccccc2)c1)/C(=C/c1ccc(OCc2ccccc2)cc1)NC(=O)c1ccccc1. The number of carbonyl (C=O) groups excluding carboxylic acids is 3. The van der Waals surface area contributed by atoms with E-state index in [1.165, 1.54) is 11.8 Å². The molecule has 0 radical (unpaired) electrons. The van der Waals surface area contributed by atoms with Crippen molar-refractivity contribution in [3.05, 3.63) is 192 Å². The third kappa shape index (κ3) is 9.84. The minimum Gasteiger partial charge on any atom is -0.489 e. The van der Waals surface area contributed by atoms with Gasteiger partial charge in [0.05, 0.1) is 5.75 Å². The number of ether oxygens (including phenoxy) is 1. The fourth-order valence-electron chi connectivity index (χ4n) is 5.17. The Labute approximate surface area is 301 Å². The number of hydrogen-bond acceptors (Lipinski definition) is 5. The average molecular weight is 690 g/mol. The maximum absolute atomic E-state index is 13.7. The monoisotopic (exact) mass is 689 g/mol. The molecule has 0 heterocycles. The molecule has 6 rings (SSSR count). The molecule has 6 aromatic carbocycles. The third-order valence-electron chi connectivity index (χ3n) is 7.70. The fraction of sp³-hybridized carbons (Fsp3) is 0.0465. The van der Waals surface area contributed by atoms with E-state index in [1.807, 2.05) is 133 Å². The second kappa shape index (κ2) is 17.3. The molecule has 0 spiro atoms. The Hall–Kier alpha value is -6.38. The molecule has 0 saturated carbocycles. The van der Waals surface area contributed by atoms with Crippen LogP contribution in [0.3, 0.4) is 0 Å². The molecule has 7 nitrogen and oxygen atoms in total. The number of anilines is 3. The normalized spacial score (nSPS) is 10.9. The third-order valence-corrected chi connectivity index (χ3v) is 8.68. The zero-order valence-corrected chi connectivity index (χ0v) is 28.5. The summed E-state index contributed by atoms with van der Waals surface area (Å²) in [5.41, 5.74) is 4.32. The van der Waals surface area contributed by atoms with Gasteiger partial charge in [0, 0.05) is 27.5 Å². The Morgan fingerprint density at radius 1 is 0.647 bits per heavy atom. The summed E-state index contributed by atoms with van der Waals surface area (Å²) in [6.45, 7) is 0.431. The summed E-state index contributed by atoms with van der Waals surface area (Å²) in [5.74, 6) is -0.147. The number of carbonyl (C=O) groups is 3. The van der Waals surface area contributed by atoms with Gasteiger partial charge in [-0.05, 0) is 83.9 Å². The first-order valence-electron chi connectivity index (χ1n) is 16.3. The summed E-state index contributed by atoms with van der Waals surface area (Å²) in [5, 5.41) is 5.70. The van der Waals surface area contributed by atoms with Gasteiger partial charge in [0.1, 0.15) is 18.1 Å². The van der Waals surface area contributed by atoms with Crippen molar-refractivity contribution in [1.82, 2.24) is 5.32 Å². The van der Waals surface area contributed by atoms with Crippen molar-refractivity contribution in [3.63, 3.8) is 0 Å². The van der Waals surface area contributed by atoms with E-state index in [9.17, 15) is 14.4 Å². The van der Waals surface area contributed by atoms with E-state index < -0.39 is 11.8 Å². The lowest BCUT2D eigenvalue weighted by atomic mass is 10.1. The number of thioether (sulfide) groups is 1. The largest absolute Gasteiger partial charge is 0.489 e. The van der Waals surface area contributed by atoms with Crippen LogP contribution in [0.5, 0.6) is 5.75 Å². The first kappa shape index (κ1) is 34.5. The highest BCUT2D eigenvalue weighted by molar-refractivity contribution is 8.00. The number of hydrogen-bond donors (Lipinski definition) is 2. The molecule has 0 aliphatic rings. The molecular weight excluding hydrogens is 655 g/mol. The second-order valence-electron chi connectivity index (χ2n) is 11.4. The molecule has 0 aliphatic heterocycles. The molecule has 2 N–H and O–H groups in total. The van der Waals surface area contributed by atoms with E-state index in [4.69, 9.17) is 4.74 Å². The zero-order valence-electron chi connectivity index (χ0n) is 27.6. The van der Waals surface area contributed by atoms with Gasteiger partial charge in [-0.3, -0.25) is 19.3 Å². The number of nitrogens with one attached hydrogen (secondary N) is 2. The summed E-state index contributed by atoms with van der Waals surface area (Å²) in [6.07, 6.45) is 1.62. The van der Waals surface area contributed by atoms with Gasteiger partial charge in [0.15, 0.2) is 0 Å². The number of benzene rings is 6. The van der Waals surface area contributed by atoms with Crippen LogP contribution in [0.1, 0.15) is 21.5 Å². The smallest absolute Gasteiger partial charge is 0.272 e. The standard InChI is InChI=1S/C43H35N3O4S/c47-41(46(36-19-9-3-10-20-36)37-21-11-4-12-22-37)31-51-39-23-13-18-35(29-39)44-43(49)40(45-42(48)34-16-7-2-8-17-34)28-32-24-26-38(27-25-32)50-30-33-14-5-1-6-15-33/h1-29H,30-31H2,(H,44,49)(H,45,48)/b40-28-. The van der Waals surface area contributed by atoms with Crippen LogP contribution in [-0.4, -0.2) is 23.5 Å². The first-order valence-corrected chi connectivity index (χ1v) is 17.3. The molecule has 0 aromatic heterocycles. The van der Waals surface area contributed by atoms with Crippen LogP contribution in [0.2, 0.25) is 0 Å². The van der Waals surface area contributed by atoms with Gasteiger partial charge in [0.25, 0.3) is 11.8 Å². The number of nitrogens with zero attached hydrogens (tertiary/aromatic N) is 1. The van der Waals surface area contributed by atoms with Gasteiger partial charge in [-0.2, -0.15) is 0 Å². The van der Waals surface area contributed by atoms with Crippen molar-refractivity contribution < 1.29 is 19.1 Å². The molecular formula is C43H35N3O4S. The molecule has 0 atom stereocenters. The van der Waals surface area contributed by atoms with Crippen LogP contribution in [0.25, 0.3) is 6.08 Å². The average Bonchev–Trinajstić information content (AvgIpc) is 3.18. The lowest BCUT2D eigenvalue weighted by Crippen LogP contribution is -2.30. The molecule has 252 valence electrons. The van der Waals surface area contributed by atoms with Crippen molar-refractivity contribution in [2.24, 2.45) is 0 Å². The first-order chi connectivity index (χ1) is 25.0. The lowest BCUT2D eigenvalue weighted by molar-refractivity contribution is -0.115. The van der Waals surface area contributed by atoms with Gasteiger partial charge in [-0.1, -0.05) is 103 Å². The molecule has 0 aliphatic carbocycles. The van der Waals surface area contributed by atoms with Gasteiger partial charge in [-0.15, -0.1) is 11.8 Å². The Morgan fingerprint density at radius 2 is 1.24 bits per heavy atom. The minimum atomic E-state index is -0.499. The maximum atomic E-state index is 13.7. The number of amides is 3. The summed E-state index contributed by atoms with van der Waals surface area (Å²) in [7, 11) is 0. The molecule has 6 aromatic rings. The predicted octanol–water partition coefficient (Wildman–Crippen LogP) is 9.13. The second-order valence-corrected chi connectivity index (χ2v) is 12.4. The summed E-state index contributed by atoms with van der Waals surface area (Å²) < 4.78 is 5.91. The highest BCUT2D eigenvalue weighted by Crippen LogP contribution is 2.28. The molecule has 0 bridgehead atoms. The zero-order chi connectivity index (χ0) is 35.3. The van der Waals surface area contributed by atoms with E-state index in [1.54, 1.807) is 47.4 Å². The van der Waals surface area contributed by atoms with E-state index >= 15 is 0 Å². The van der Waals surface area contributed by atoms with E-state index in [-0.39, 0.29) is 17.4 Å². The summed E-state index contributed by atoms with van der Waals surface area (Å²) >= 11 is 1.37. The van der Waals surface area contributed by atoms with Crippen LogP contribution < -0.4 is 20.3 Å². The maximum Gasteiger partial charge on any atom is 0.272 e. The van der Waals surface area contributed by atoms with Crippen LogP contribution in [0, 0.1) is 0 Å². The number of para-hydroxylation sites is 2. The van der Waals surface area contributed by atoms with Crippen molar-refractivity contribution in [2.45, 2.75) is 11.5 Å². The predicted molar refractivity (Wildman–Crippen MR) is 205 cm³/mol. The van der Waals surface area contributed by atoms with Gasteiger partial charge in [-0.25, -0.2) is 0 Å².